The first-order valence-corrected chi connectivity index (χ1v) is 30.8. The van der Waals surface area contributed by atoms with Gasteiger partial charge in [-0.25, -0.2) is 0 Å². The van der Waals surface area contributed by atoms with Crippen molar-refractivity contribution in [1.82, 2.24) is 18.3 Å². The molecule has 4 aromatic heterocycles. The zero-order valence-corrected chi connectivity index (χ0v) is 47.7. The molecule has 0 aliphatic heterocycles. The number of rotatable bonds is 8. The van der Waals surface area contributed by atoms with Crippen molar-refractivity contribution in [2.75, 3.05) is 0 Å². The van der Waals surface area contributed by atoms with E-state index in [4.69, 9.17) is 0 Å². The summed E-state index contributed by atoms with van der Waals surface area (Å²) in [6.07, 6.45) is 6.53. The monoisotopic (exact) mass is 1100 g/mol. The second kappa shape index (κ2) is 17.7. The van der Waals surface area contributed by atoms with Gasteiger partial charge < -0.3 is 18.3 Å². The van der Waals surface area contributed by atoms with Crippen molar-refractivity contribution < 1.29 is 0 Å². The SMILES string of the molecule is c1ccc2c(c1)c1ccccc1n2-c1ccc(C23CC4(c5ccc(-n6c7ccccc7c7ccccc76)cc5)CC(c5ccc(-n6c7ccccc7c7ccccc76)cc5)(C2)CC(c2ccc(-n5c6ccccc6c6ccccc65)cc2)(C3)C4)cc1. The van der Waals surface area contributed by atoms with Crippen LogP contribution >= 0.6 is 0 Å². The van der Waals surface area contributed by atoms with Gasteiger partial charge in [0.25, 0.3) is 0 Å². The lowest BCUT2D eigenvalue weighted by molar-refractivity contribution is -0.0691. The summed E-state index contributed by atoms with van der Waals surface area (Å²) >= 11 is 0. The minimum atomic E-state index is -0.142. The van der Waals surface area contributed by atoms with Gasteiger partial charge >= 0.3 is 0 Å². The van der Waals surface area contributed by atoms with Crippen LogP contribution in [0.15, 0.2) is 291 Å². The lowest BCUT2D eigenvalue weighted by atomic mass is 9.32. The molecule has 4 fully saturated rings. The lowest BCUT2D eigenvalue weighted by Crippen LogP contribution is -2.67. The summed E-state index contributed by atoms with van der Waals surface area (Å²) in [7, 11) is 0. The third-order valence-electron chi connectivity index (χ3n) is 21.3. The Hall–Kier alpha value is -10.2. The Balaban J connectivity index is 0.817. The first kappa shape index (κ1) is 48.2. The van der Waals surface area contributed by atoms with Crippen LogP contribution in [0.4, 0.5) is 0 Å². The fourth-order valence-electron chi connectivity index (χ4n) is 18.5. The van der Waals surface area contributed by atoms with Gasteiger partial charge in [-0.1, -0.05) is 194 Å². The van der Waals surface area contributed by atoms with Crippen molar-refractivity contribution in [1.29, 1.82) is 0 Å². The van der Waals surface area contributed by atoms with Gasteiger partial charge in [0.05, 0.1) is 44.1 Å². The normalized spacial score (nSPS) is 20.9. The van der Waals surface area contributed by atoms with Crippen LogP contribution in [0.25, 0.3) is 110 Å². The number of hydrogen-bond donors (Lipinski definition) is 0. The summed E-state index contributed by atoms with van der Waals surface area (Å²) < 4.78 is 9.92. The molecule has 0 spiro atoms. The van der Waals surface area contributed by atoms with Gasteiger partial charge in [-0.15, -0.1) is 0 Å². The van der Waals surface area contributed by atoms with Gasteiger partial charge in [0.2, 0.25) is 0 Å². The molecule has 0 N–H and O–H groups in total. The number of fused-ring (bicyclic) bond motifs is 12. The minimum Gasteiger partial charge on any atom is -0.309 e. The fourth-order valence-corrected chi connectivity index (χ4v) is 18.5. The topological polar surface area (TPSA) is 19.7 Å². The Morgan fingerprint density at radius 2 is 0.302 bits per heavy atom. The van der Waals surface area contributed by atoms with Gasteiger partial charge in [0.15, 0.2) is 0 Å². The van der Waals surface area contributed by atoms with Crippen LogP contribution in [0.3, 0.4) is 0 Å². The molecular formula is C82H60N4. The third-order valence-corrected chi connectivity index (χ3v) is 21.3. The zero-order chi connectivity index (χ0) is 56.3. The number of aromatic nitrogens is 4. The molecule has 12 aromatic carbocycles. The van der Waals surface area contributed by atoms with Gasteiger partial charge in [-0.2, -0.15) is 0 Å². The highest BCUT2D eigenvalue weighted by atomic mass is 15.0. The van der Waals surface area contributed by atoms with Crippen LogP contribution in [0, 0.1) is 0 Å². The predicted molar refractivity (Wildman–Crippen MR) is 358 cm³/mol. The van der Waals surface area contributed by atoms with Gasteiger partial charge in [-0.3, -0.25) is 0 Å². The van der Waals surface area contributed by atoms with E-state index >= 15 is 0 Å². The van der Waals surface area contributed by atoms with E-state index < -0.39 is 0 Å². The van der Waals surface area contributed by atoms with E-state index in [2.05, 4.69) is 309 Å². The van der Waals surface area contributed by atoms with Crippen LogP contribution < -0.4 is 0 Å². The van der Waals surface area contributed by atoms with Crippen LogP contribution in [-0.4, -0.2) is 18.3 Å². The van der Waals surface area contributed by atoms with Crippen molar-refractivity contribution in [3.8, 4) is 22.7 Å². The van der Waals surface area contributed by atoms with E-state index in [9.17, 15) is 0 Å². The molecule has 4 heterocycles. The summed E-state index contributed by atoms with van der Waals surface area (Å²) in [5.74, 6) is 0. The molecule has 4 heteroatoms. The summed E-state index contributed by atoms with van der Waals surface area (Å²) in [4.78, 5) is 0. The van der Waals surface area contributed by atoms with Crippen LogP contribution in [0.5, 0.6) is 0 Å². The van der Waals surface area contributed by atoms with Crippen molar-refractivity contribution in [3.63, 3.8) is 0 Å². The average Bonchev–Trinajstić information content (AvgIpc) is 0.976. The molecule has 0 unspecified atom stereocenters. The zero-order valence-electron chi connectivity index (χ0n) is 47.7. The Morgan fingerprint density at radius 1 is 0.163 bits per heavy atom. The summed E-state index contributed by atoms with van der Waals surface area (Å²) in [6.45, 7) is 0. The Bertz CT molecular complexity index is 4490. The Morgan fingerprint density at radius 3 is 0.453 bits per heavy atom. The fraction of sp³-hybridized carbons (Fsp3) is 0.122. The number of para-hydroxylation sites is 8. The predicted octanol–water partition coefficient (Wildman–Crippen LogP) is 20.5. The van der Waals surface area contributed by atoms with Gasteiger partial charge in [0.1, 0.15) is 0 Å². The smallest absolute Gasteiger partial charge is 0.0541 e. The van der Waals surface area contributed by atoms with E-state index in [0.717, 1.165) is 38.5 Å². The molecule has 4 saturated carbocycles. The highest BCUT2D eigenvalue weighted by Crippen LogP contribution is 2.75. The summed E-state index contributed by atoms with van der Waals surface area (Å²) in [5, 5.41) is 10.3. The van der Waals surface area contributed by atoms with E-state index in [1.54, 1.807) is 0 Å². The van der Waals surface area contributed by atoms with Gasteiger partial charge in [0, 0.05) is 65.8 Å². The van der Waals surface area contributed by atoms with E-state index in [-0.39, 0.29) is 21.7 Å². The minimum absolute atomic E-state index is 0.142. The summed E-state index contributed by atoms with van der Waals surface area (Å²) in [5.41, 5.74) is 20.0. The maximum Gasteiger partial charge on any atom is 0.0541 e. The number of hydrogen-bond acceptors (Lipinski definition) is 0. The third kappa shape index (κ3) is 6.70. The number of benzene rings is 12. The quantitative estimate of drug-likeness (QED) is 0.145. The summed E-state index contributed by atoms with van der Waals surface area (Å²) in [6, 6.07) is 111. The van der Waals surface area contributed by atoms with Crippen LogP contribution in [0.2, 0.25) is 0 Å². The molecule has 86 heavy (non-hydrogen) atoms. The molecule has 0 saturated heterocycles. The first-order chi connectivity index (χ1) is 42.5. The molecule has 0 radical (unpaired) electrons. The van der Waals surface area contributed by atoms with E-state index in [0.29, 0.717) is 0 Å². The number of nitrogens with zero attached hydrogens (tertiary/aromatic N) is 4. The molecule has 0 amide bonds. The molecule has 4 bridgehead atoms. The van der Waals surface area contributed by atoms with E-state index in [1.807, 2.05) is 0 Å². The maximum atomic E-state index is 2.54. The molecule has 20 rings (SSSR count). The largest absolute Gasteiger partial charge is 0.309 e. The molecule has 16 aromatic rings. The van der Waals surface area contributed by atoms with Gasteiger partial charge in [-0.05, 0) is 180 Å². The van der Waals surface area contributed by atoms with E-state index in [1.165, 1.54) is 132 Å². The standard InChI is InChI=1S/C82H60N4/c1-9-25-71-63(17-1)64-18-2-10-26-72(64)83(71)59-41-33-55(34-42-59)79-49-80(56-35-43-60(44-36-56)84-73-27-11-3-19-65(73)66-20-4-12-28-74(66)84)52-81(50-79,57-37-45-61(46-38-57)85-75-29-13-5-21-67(75)68-22-6-14-30-76(68)85)54-82(51-79,53-80)58-39-47-62(48-40-58)86-77-31-15-7-23-69(77)70-24-8-16-32-78(70)86/h1-48H,49-54H2. The van der Waals surface area contributed by atoms with Crippen LogP contribution in [-0.2, 0) is 21.7 Å². The molecule has 408 valence electrons. The molecule has 4 nitrogen and oxygen atoms in total. The molecule has 4 aliphatic rings. The molecule has 0 atom stereocenters. The average molecular weight is 1100 g/mol. The van der Waals surface area contributed by atoms with Crippen molar-refractivity contribution in [2.24, 2.45) is 0 Å². The molecule has 4 aliphatic carbocycles. The second-order valence-electron chi connectivity index (χ2n) is 25.8. The molecular weight excluding hydrogens is 1040 g/mol. The van der Waals surface area contributed by atoms with Crippen molar-refractivity contribution >= 4 is 87.2 Å². The highest BCUT2D eigenvalue weighted by Gasteiger charge is 2.69. The Kier molecular flexibility index (Phi) is 9.93. The van der Waals surface area contributed by atoms with Crippen molar-refractivity contribution in [3.05, 3.63) is 313 Å². The second-order valence-corrected chi connectivity index (χ2v) is 25.8. The lowest BCUT2D eigenvalue weighted by Gasteiger charge is -2.71. The maximum absolute atomic E-state index is 2.54. The van der Waals surface area contributed by atoms with Crippen LogP contribution in [0.1, 0.15) is 60.8 Å². The Labute approximate surface area is 499 Å². The first-order valence-electron chi connectivity index (χ1n) is 30.8. The van der Waals surface area contributed by atoms with Crippen molar-refractivity contribution in [2.45, 2.75) is 60.2 Å². The highest BCUT2D eigenvalue weighted by molar-refractivity contribution is 6.12.